The van der Waals surface area contributed by atoms with E-state index in [0.717, 1.165) is 10.6 Å². The number of benzene rings is 2. The molecule has 0 radical (unpaired) electrons. The van der Waals surface area contributed by atoms with Crippen LogP contribution in [0.3, 0.4) is 0 Å². The molecule has 1 aromatic heterocycles. The summed E-state index contributed by atoms with van der Waals surface area (Å²) >= 11 is 7.53. The molecule has 3 rings (SSSR count). The molecule has 0 aliphatic heterocycles. The molecule has 7 heteroatoms. The number of methoxy groups -OCH3 is 1. The maximum Gasteiger partial charge on any atom is 0.226 e. The van der Waals surface area contributed by atoms with Crippen LogP contribution in [-0.2, 0) is 17.6 Å². The number of hydrogen-bond donors (Lipinski definition) is 1. The quantitative estimate of drug-likeness (QED) is 0.590. The number of thiazole rings is 1. The lowest BCUT2D eigenvalue weighted by molar-refractivity contribution is -0.121. The summed E-state index contributed by atoms with van der Waals surface area (Å²) < 4.78 is 18.8. The van der Waals surface area contributed by atoms with E-state index in [1.807, 2.05) is 36.6 Å². The van der Waals surface area contributed by atoms with Crippen LogP contribution in [0.25, 0.3) is 0 Å². The van der Waals surface area contributed by atoms with Gasteiger partial charge in [0.05, 0.1) is 30.3 Å². The summed E-state index contributed by atoms with van der Waals surface area (Å²) in [5.74, 6) is -0.438. The van der Waals surface area contributed by atoms with Crippen LogP contribution in [0.15, 0.2) is 47.8 Å². The van der Waals surface area contributed by atoms with Gasteiger partial charge >= 0.3 is 0 Å². The number of carbonyl (C=O) groups excluding carboxylic acids is 1. The fourth-order valence-corrected chi connectivity index (χ4v) is 3.87. The standard InChI is InChI=1S/C21H20ClFN2O2S/c1-13(15-6-7-19(27-2)18(23)10-15)24-20(26)11-17-12-28-21(25-17)9-14-4-3-5-16(22)8-14/h3-8,10,12-13H,9,11H2,1-2H3,(H,24,26). The van der Waals surface area contributed by atoms with E-state index < -0.39 is 5.82 Å². The number of hydrogen-bond acceptors (Lipinski definition) is 4. The molecule has 4 nitrogen and oxygen atoms in total. The van der Waals surface area contributed by atoms with Crippen molar-refractivity contribution in [3.63, 3.8) is 0 Å². The molecule has 1 amide bonds. The lowest BCUT2D eigenvalue weighted by atomic mass is 10.1. The van der Waals surface area contributed by atoms with Crippen molar-refractivity contribution in [3.8, 4) is 5.75 Å². The Morgan fingerprint density at radius 2 is 2.14 bits per heavy atom. The first kappa shape index (κ1) is 20.3. The highest BCUT2D eigenvalue weighted by atomic mass is 35.5. The third kappa shape index (κ3) is 5.30. The van der Waals surface area contributed by atoms with Crippen LogP contribution in [0.4, 0.5) is 4.39 Å². The molecular weight excluding hydrogens is 399 g/mol. The molecule has 28 heavy (non-hydrogen) atoms. The second-order valence-electron chi connectivity index (χ2n) is 6.40. The molecule has 0 aliphatic rings. The third-order valence-corrected chi connectivity index (χ3v) is 5.37. The summed E-state index contributed by atoms with van der Waals surface area (Å²) in [5, 5.41) is 6.38. The average Bonchev–Trinajstić information content (AvgIpc) is 3.08. The second kappa shape index (κ2) is 9.17. The van der Waals surface area contributed by atoms with E-state index >= 15 is 0 Å². The number of nitrogens with zero attached hydrogens (tertiary/aromatic N) is 1. The summed E-state index contributed by atoms with van der Waals surface area (Å²) in [7, 11) is 1.41. The Bertz CT molecular complexity index is 977. The minimum Gasteiger partial charge on any atom is -0.494 e. The molecule has 1 atom stereocenters. The summed E-state index contributed by atoms with van der Waals surface area (Å²) in [4.78, 5) is 16.9. The molecule has 2 aromatic carbocycles. The summed E-state index contributed by atoms with van der Waals surface area (Å²) in [5.41, 5.74) is 2.47. The van der Waals surface area contributed by atoms with Crippen molar-refractivity contribution in [1.82, 2.24) is 10.3 Å². The highest BCUT2D eigenvalue weighted by molar-refractivity contribution is 7.09. The van der Waals surface area contributed by atoms with Gasteiger partial charge in [-0.3, -0.25) is 4.79 Å². The van der Waals surface area contributed by atoms with Crippen LogP contribution >= 0.6 is 22.9 Å². The molecule has 1 heterocycles. The Morgan fingerprint density at radius 3 is 2.86 bits per heavy atom. The van der Waals surface area contributed by atoms with Gasteiger partial charge in [0, 0.05) is 16.8 Å². The van der Waals surface area contributed by atoms with Gasteiger partial charge in [0.2, 0.25) is 5.91 Å². The molecule has 0 saturated carbocycles. The zero-order chi connectivity index (χ0) is 20.1. The topological polar surface area (TPSA) is 51.2 Å². The minimum atomic E-state index is -0.453. The smallest absolute Gasteiger partial charge is 0.226 e. The molecule has 3 aromatic rings. The number of carbonyl (C=O) groups is 1. The zero-order valence-electron chi connectivity index (χ0n) is 15.5. The van der Waals surface area contributed by atoms with Crippen molar-refractivity contribution in [3.05, 3.63) is 80.5 Å². The van der Waals surface area contributed by atoms with Gasteiger partial charge in [-0.2, -0.15) is 0 Å². The number of amides is 1. The van der Waals surface area contributed by atoms with E-state index in [-0.39, 0.29) is 24.1 Å². The third-order valence-electron chi connectivity index (χ3n) is 4.24. The minimum absolute atomic E-state index is 0.164. The molecular formula is C21H20ClFN2O2S. The molecule has 0 bridgehead atoms. The van der Waals surface area contributed by atoms with Crippen LogP contribution < -0.4 is 10.1 Å². The van der Waals surface area contributed by atoms with Crippen LogP contribution in [0.1, 0.15) is 34.8 Å². The molecule has 1 unspecified atom stereocenters. The highest BCUT2D eigenvalue weighted by Gasteiger charge is 2.14. The summed E-state index contributed by atoms with van der Waals surface area (Å²) in [6.07, 6.45) is 0.851. The van der Waals surface area contributed by atoms with Crippen molar-refractivity contribution in [2.24, 2.45) is 0 Å². The average molecular weight is 419 g/mol. The first-order chi connectivity index (χ1) is 13.4. The zero-order valence-corrected chi connectivity index (χ0v) is 17.1. The van der Waals surface area contributed by atoms with Gasteiger partial charge < -0.3 is 10.1 Å². The molecule has 1 N–H and O–H groups in total. The van der Waals surface area contributed by atoms with Crippen LogP contribution in [0, 0.1) is 5.82 Å². The Labute approximate surface area is 172 Å². The van der Waals surface area contributed by atoms with E-state index in [0.29, 0.717) is 22.7 Å². The van der Waals surface area contributed by atoms with Crippen molar-refractivity contribution in [2.45, 2.75) is 25.8 Å². The monoisotopic (exact) mass is 418 g/mol. The van der Waals surface area contributed by atoms with Gasteiger partial charge in [0.1, 0.15) is 0 Å². The Hall–Kier alpha value is -2.44. The van der Waals surface area contributed by atoms with Crippen molar-refractivity contribution >= 4 is 28.8 Å². The predicted octanol–water partition coefficient (Wildman–Crippen LogP) is 4.95. The van der Waals surface area contributed by atoms with Gasteiger partial charge in [-0.25, -0.2) is 9.37 Å². The highest BCUT2D eigenvalue weighted by Crippen LogP contribution is 2.22. The SMILES string of the molecule is COc1ccc(C(C)NC(=O)Cc2csc(Cc3cccc(Cl)c3)n2)cc1F. The number of nitrogens with one attached hydrogen (secondary N) is 1. The van der Waals surface area contributed by atoms with Gasteiger partial charge in [0.15, 0.2) is 11.6 Å². The maximum absolute atomic E-state index is 13.8. The first-order valence-electron chi connectivity index (χ1n) is 8.75. The van der Waals surface area contributed by atoms with Crippen molar-refractivity contribution in [2.75, 3.05) is 7.11 Å². The van der Waals surface area contributed by atoms with E-state index in [4.69, 9.17) is 16.3 Å². The largest absolute Gasteiger partial charge is 0.494 e. The van der Waals surface area contributed by atoms with Crippen LogP contribution in [0.2, 0.25) is 5.02 Å². The summed E-state index contributed by atoms with van der Waals surface area (Å²) in [6, 6.07) is 12.0. The van der Waals surface area contributed by atoms with Crippen molar-refractivity contribution < 1.29 is 13.9 Å². The van der Waals surface area contributed by atoms with Gasteiger partial charge in [-0.15, -0.1) is 11.3 Å². The normalized spacial score (nSPS) is 11.9. The molecule has 0 spiro atoms. The molecule has 0 saturated heterocycles. The fourth-order valence-electron chi connectivity index (χ4n) is 2.83. The second-order valence-corrected chi connectivity index (χ2v) is 7.78. The van der Waals surface area contributed by atoms with E-state index in [1.165, 1.54) is 24.5 Å². The number of halogens is 2. The number of aromatic nitrogens is 1. The van der Waals surface area contributed by atoms with E-state index in [1.54, 1.807) is 12.1 Å². The van der Waals surface area contributed by atoms with Crippen LogP contribution in [-0.4, -0.2) is 18.0 Å². The maximum atomic E-state index is 13.8. The predicted molar refractivity (Wildman–Crippen MR) is 110 cm³/mol. The molecule has 146 valence electrons. The van der Waals surface area contributed by atoms with Gasteiger partial charge in [-0.1, -0.05) is 29.8 Å². The summed E-state index contributed by atoms with van der Waals surface area (Å²) in [6.45, 7) is 1.81. The van der Waals surface area contributed by atoms with Gasteiger partial charge in [-0.05, 0) is 42.3 Å². The number of ether oxygens (including phenoxy) is 1. The lowest BCUT2D eigenvalue weighted by Crippen LogP contribution is -2.28. The Kier molecular flexibility index (Phi) is 6.65. The Balaban J connectivity index is 1.57. The number of rotatable bonds is 7. The van der Waals surface area contributed by atoms with Crippen molar-refractivity contribution in [1.29, 1.82) is 0 Å². The molecule has 0 fully saturated rings. The van der Waals surface area contributed by atoms with Gasteiger partial charge in [0.25, 0.3) is 0 Å². The first-order valence-corrected chi connectivity index (χ1v) is 10.0. The Morgan fingerprint density at radius 1 is 1.32 bits per heavy atom. The van der Waals surface area contributed by atoms with Crippen LogP contribution in [0.5, 0.6) is 5.75 Å². The van der Waals surface area contributed by atoms with E-state index in [2.05, 4.69) is 10.3 Å². The van der Waals surface area contributed by atoms with E-state index in [9.17, 15) is 9.18 Å². The lowest BCUT2D eigenvalue weighted by Gasteiger charge is -2.15. The fraction of sp³-hybridized carbons (Fsp3) is 0.238. The molecule has 0 aliphatic carbocycles.